The largest absolute Gasteiger partial charge is 0.495 e. The van der Waals surface area contributed by atoms with Crippen LogP contribution in [0.3, 0.4) is 0 Å². The van der Waals surface area contributed by atoms with E-state index in [1.807, 2.05) is 45.1 Å². The molecule has 1 amide bonds. The van der Waals surface area contributed by atoms with Gasteiger partial charge in [-0.15, -0.1) is 0 Å². The van der Waals surface area contributed by atoms with Gasteiger partial charge in [0.25, 0.3) is 0 Å². The van der Waals surface area contributed by atoms with Crippen molar-refractivity contribution in [3.8, 4) is 5.75 Å². The molecule has 1 aliphatic carbocycles. The van der Waals surface area contributed by atoms with E-state index in [0.717, 1.165) is 16.7 Å². The summed E-state index contributed by atoms with van der Waals surface area (Å²) in [6, 6.07) is 3.74. The summed E-state index contributed by atoms with van der Waals surface area (Å²) in [5, 5.41) is 14.3. The summed E-state index contributed by atoms with van der Waals surface area (Å²) in [6.45, 7) is 5.87. The first kappa shape index (κ1) is 29.6. The molecule has 0 radical (unpaired) electrons. The van der Waals surface area contributed by atoms with Gasteiger partial charge in [-0.3, -0.25) is 4.79 Å². The molecule has 2 saturated heterocycles. The Bertz CT molecular complexity index is 1130. The molecule has 0 aromatic heterocycles. The van der Waals surface area contributed by atoms with Crippen molar-refractivity contribution in [2.45, 2.75) is 95.4 Å². The summed E-state index contributed by atoms with van der Waals surface area (Å²) >= 11 is 6.65. The van der Waals surface area contributed by atoms with Gasteiger partial charge in [-0.05, 0) is 49.8 Å². The number of Topliss-reactive ketones (excluding diaryl/α,β-unsaturated/α-hetero) is 1. The molecule has 4 rings (SSSR count). The minimum absolute atomic E-state index is 0.00357. The number of carbonyl (C=O) groups is 2. The molecule has 2 N–H and O–H groups in total. The van der Waals surface area contributed by atoms with Gasteiger partial charge in [0.15, 0.2) is 0 Å². The molecule has 3 aliphatic rings. The molecular formula is C30H40ClNO7. The van der Waals surface area contributed by atoms with Crippen LogP contribution in [-0.2, 0) is 31.8 Å². The Hall–Kier alpha value is -2.39. The molecule has 0 saturated carbocycles. The van der Waals surface area contributed by atoms with Crippen LogP contribution in [0.15, 0.2) is 35.9 Å². The Balaban J connectivity index is 1.62. The van der Waals surface area contributed by atoms with E-state index in [2.05, 4.69) is 11.4 Å². The van der Waals surface area contributed by atoms with Crippen molar-refractivity contribution in [2.75, 3.05) is 14.2 Å². The molecule has 39 heavy (non-hydrogen) atoms. The number of hydrogen-bond donors (Lipinski definition) is 2. The monoisotopic (exact) mass is 561 g/mol. The van der Waals surface area contributed by atoms with Crippen molar-refractivity contribution in [1.82, 2.24) is 5.32 Å². The highest BCUT2D eigenvalue weighted by atomic mass is 35.5. The standard InChI is InChI=1S/C30H40ClNO7/c1-17-7-6-8-24(36-4)23-15-22(38-29(35)32-23)16-27-30(3,39-27)26(34)14-21(33)11-18(2)10-20-12-19(9-17)13-25(37-5)28(20)31/h6-8,12-13,18,22-24,26-27,34H,9-11,14-16H2,1-5H3,(H,32,35)/b8-6+,17-7+/t18?,22-,23?,24?,26?,27?,30?/m0/s1. The van der Waals surface area contributed by atoms with E-state index in [4.69, 9.17) is 30.5 Å². The van der Waals surface area contributed by atoms with Crippen molar-refractivity contribution >= 4 is 23.5 Å². The van der Waals surface area contributed by atoms with Crippen LogP contribution in [0, 0.1) is 5.92 Å². The van der Waals surface area contributed by atoms with Crippen LogP contribution in [-0.4, -0.2) is 67.3 Å². The molecule has 0 spiro atoms. The number of benzene rings is 1. The highest BCUT2D eigenvalue weighted by molar-refractivity contribution is 6.32. The van der Waals surface area contributed by atoms with Crippen LogP contribution < -0.4 is 10.1 Å². The highest BCUT2D eigenvalue weighted by Gasteiger charge is 2.58. The summed E-state index contributed by atoms with van der Waals surface area (Å²) < 4.78 is 22.6. The van der Waals surface area contributed by atoms with E-state index in [1.54, 1.807) is 14.2 Å². The third kappa shape index (κ3) is 7.23. The average Bonchev–Trinajstić information content (AvgIpc) is 3.52. The zero-order chi connectivity index (χ0) is 28.3. The maximum absolute atomic E-state index is 12.9. The van der Waals surface area contributed by atoms with Crippen molar-refractivity contribution in [2.24, 2.45) is 5.92 Å². The fourth-order valence-corrected chi connectivity index (χ4v) is 5.98. The number of aliphatic hydroxyl groups is 1. The molecule has 1 aromatic rings. The fourth-order valence-electron chi connectivity index (χ4n) is 5.72. The Kier molecular flexibility index (Phi) is 9.42. The van der Waals surface area contributed by atoms with Gasteiger partial charge in [0.05, 0.1) is 36.5 Å². The molecule has 214 valence electrons. The minimum Gasteiger partial charge on any atom is -0.495 e. The van der Waals surface area contributed by atoms with Crippen molar-refractivity contribution in [1.29, 1.82) is 0 Å². The number of fused-ring (bicyclic) bond motifs is 5. The molecule has 8 nitrogen and oxygen atoms in total. The topological polar surface area (TPSA) is 107 Å². The van der Waals surface area contributed by atoms with Crippen LogP contribution in [0.1, 0.15) is 57.6 Å². The predicted octanol–water partition coefficient (Wildman–Crippen LogP) is 4.73. The average molecular weight is 562 g/mol. The first-order valence-electron chi connectivity index (χ1n) is 13.6. The first-order valence-corrected chi connectivity index (χ1v) is 14.0. The Morgan fingerprint density at radius 2 is 1.92 bits per heavy atom. The molecule has 2 fully saturated rings. The summed E-state index contributed by atoms with van der Waals surface area (Å²) in [7, 11) is 3.21. The quantitative estimate of drug-likeness (QED) is 0.503. The van der Waals surface area contributed by atoms with Gasteiger partial charge in [-0.1, -0.05) is 48.4 Å². The number of ketones is 1. The first-order chi connectivity index (χ1) is 18.5. The summed E-state index contributed by atoms with van der Waals surface area (Å²) in [5.74, 6) is 0.599. The normalized spacial score (nSPS) is 36.2. The molecule has 9 heteroatoms. The zero-order valence-corrected chi connectivity index (χ0v) is 24.1. The van der Waals surface area contributed by atoms with Crippen molar-refractivity contribution in [3.63, 3.8) is 0 Å². The van der Waals surface area contributed by atoms with E-state index in [-0.39, 0.29) is 42.5 Å². The number of aliphatic hydroxyl groups excluding tert-OH is 1. The van der Waals surface area contributed by atoms with Gasteiger partial charge >= 0.3 is 6.09 Å². The van der Waals surface area contributed by atoms with E-state index in [1.165, 1.54) is 0 Å². The number of halogens is 1. The number of carbonyl (C=O) groups excluding carboxylic acids is 2. The minimum atomic E-state index is -0.944. The van der Waals surface area contributed by atoms with Crippen LogP contribution in [0.4, 0.5) is 4.79 Å². The van der Waals surface area contributed by atoms with Gasteiger partial charge < -0.3 is 29.4 Å². The van der Waals surface area contributed by atoms with E-state index < -0.39 is 17.8 Å². The molecule has 4 bridgehead atoms. The van der Waals surface area contributed by atoms with Crippen LogP contribution >= 0.6 is 11.6 Å². The molecule has 6 unspecified atom stereocenters. The number of nitrogens with one attached hydrogen (secondary N) is 1. The van der Waals surface area contributed by atoms with Gasteiger partial charge in [0.1, 0.15) is 23.2 Å². The maximum atomic E-state index is 12.9. The van der Waals surface area contributed by atoms with Gasteiger partial charge in [-0.2, -0.15) is 0 Å². The fraction of sp³-hybridized carbons (Fsp3) is 0.600. The molecule has 1 aromatic carbocycles. The lowest BCUT2D eigenvalue weighted by Crippen LogP contribution is -2.51. The Morgan fingerprint density at radius 3 is 2.64 bits per heavy atom. The summed E-state index contributed by atoms with van der Waals surface area (Å²) in [4.78, 5) is 25.2. The second-order valence-corrected chi connectivity index (χ2v) is 11.7. The van der Waals surface area contributed by atoms with E-state index in [0.29, 0.717) is 42.9 Å². The lowest BCUT2D eigenvalue weighted by molar-refractivity contribution is -0.122. The second-order valence-electron chi connectivity index (χ2n) is 11.4. The van der Waals surface area contributed by atoms with Crippen LogP contribution in [0.25, 0.3) is 0 Å². The number of methoxy groups -OCH3 is 2. The number of hydrogen-bond acceptors (Lipinski definition) is 7. The summed E-state index contributed by atoms with van der Waals surface area (Å²) in [6.07, 6.45) is 6.02. The lowest BCUT2D eigenvalue weighted by Gasteiger charge is -2.33. The lowest BCUT2D eigenvalue weighted by atomic mass is 9.88. The molecule has 2 heterocycles. The third-order valence-corrected chi connectivity index (χ3v) is 8.43. The zero-order valence-electron chi connectivity index (χ0n) is 23.4. The third-order valence-electron chi connectivity index (χ3n) is 8.00. The van der Waals surface area contributed by atoms with Gasteiger partial charge in [0.2, 0.25) is 0 Å². The van der Waals surface area contributed by atoms with Gasteiger partial charge in [0, 0.05) is 32.8 Å². The van der Waals surface area contributed by atoms with Crippen LogP contribution in [0.2, 0.25) is 5.02 Å². The number of rotatable bonds is 2. The molecular weight excluding hydrogens is 522 g/mol. The van der Waals surface area contributed by atoms with E-state index in [9.17, 15) is 14.7 Å². The second kappa shape index (κ2) is 12.4. The molecule has 2 aliphatic heterocycles. The number of amides is 1. The molecule has 7 atom stereocenters. The van der Waals surface area contributed by atoms with Crippen molar-refractivity contribution < 1.29 is 33.6 Å². The Morgan fingerprint density at radius 1 is 1.15 bits per heavy atom. The number of allylic oxidation sites excluding steroid dienone is 3. The number of alkyl carbamates (subject to hydrolysis) is 1. The number of ether oxygens (including phenoxy) is 4. The maximum Gasteiger partial charge on any atom is 0.407 e. The smallest absolute Gasteiger partial charge is 0.407 e. The highest BCUT2D eigenvalue weighted by Crippen LogP contribution is 2.44. The van der Waals surface area contributed by atoms with Crippen molar-refractivity contribution in [3.05, 3.63) is 52.1 Å². The number of epoxide rings is 1. The predicted molar refractivity (Wildman–Crippen MR) is 148 cm³/mol. The summed E-state index contributed by atoms with van der Waals surface area (Å²) in [5.41, 5.74) is 2.26. The van der Waals surface area contributed by atoms with Gasteiger partial charge in [-0.25, -0.2) is 4.79 Å². The Labute approximate surface area is 235 Å². The van der Waals surface area contributed by atoms with Crippen LogP contribution in [0.5, 0.6) is 5.75 Å². The SMILES string of the molecule is COc1cc2cc(c1Cl)CC(C)CC(=O)CC(O)C1(C)OC1C[C@@H]1CC(NC(=O)O1)C(OC)/C=C/C=C(\C)C2. The van der Waals surface area contributed by atoms with E-state index >= 15 is 0 Å².